The van der Waals surface area contributed by atoms with Gasteiger partial charge < -0.3 is 4.90 Å². The summed E-state index contributed by atoms with van der Waals surface area (Å²) in [7, 11) is 0. The molecule has 4 aliphatic rings. The highest BCUT2D eigenvalue weighted by atomic mass is 35.5. The van der Waals surface area contributed by atoms with E-state index < -0.39 is 29.8 Å². The topological polar surface area (TPSA) is 50.1 Å². The number of rotatable bonds is 3. The zero-order valence-corrected chi connectivity index (χ0v) is 22.2. The van der Waals surface area contributed by atoms with Crippen LogP contribution in [0.25, 0.3) is 5.69 Å². The lowest BCUT2D eigenvalue weighted by atomic mass is 9.57. The van der Waals surface area contributed by atoms with Crippen LogP contribution in [0, 0.1) is 17.2 Å². The first kappa shape index (κ1) is 26.9. The summed E-state index contributed by atoms with van der Waals surface area (Å²) >= 11 is 6.30. The second-order valence-corrected chi connectivity index (χ2v) is 12.2. The maximum atomic E-state index is 14.3. The van der Waals surface area contributed by atoms with Crippen LogP contribution >= 0.6 is 11.6 Å². The zero-order chi connectivity index (χ0) is 28.9. The fraction of sp³-hybridized carbons (Fsp3) is 0.519. The molecule has 14 heteroatoms. The number of anilines is 1. The van der Waals surface area contributed by atoms with Gasteiger partial charge in [-0.1, -0.05) is 11.6 Å². The number of hydrogen-bond donors (Lipinski definition) is 0. The normalized spacial score (nSPS) is 24.2. The van der Waals surface area contributed by atoms with Crippen molar-refractivity contribution in [3.63, 3.8) is 0 Å². The van der Waals surface area contributed by atoms with Crippen molar-refractivity contribution in [2.24, 2.45) is 11.3 Å². The average Bonchev–Trinajstić information content (AvgIpc) is 3.11. The van der Waals surface area contributed by atoms with Gasteiger partial charge in [0.2, 0.25) is 0 Å². The fourth-order valence-electron chi connectivity index (χ4n) is 6.88. The number of benzene rings is 1. The summed E-state index contributed by atoms with van der Waals surface area (Å²) in [6, 6.07) is 6.67. The van der Waals surface area contributed by atoms with Crippen LogP contribution in [0.3, 0.4) is 0 Å². The Morgan fingerprint density at radius 3 is 2.34 bits per heavy atom. The lowest BCUT2D eigenvalue weighted by Gasteiger charge is -2.59. The number of fused-ring (bicyclic) bond motifs is 3. The zero-order valence-electron chi connectivity index (χ0n) is 21.5. The van der Waals surface area contributed by atoms with Gasteiger partial charge in [-0.2, -0.15) is 26.3 Å². The summed E-state index contributed by atoms with van der Waals surface area (Å²) < 4.78 is 95.1. The van der Waals surface area contributed by atoms with Gasteiger partial charge in [-0.05, 0) is 61.6 Å². The van der Waals surface area contributed by atoms with Crippen molar-refractivity contribution >= 4 is 17.4 Å². The Labute approximate surface area is 235 Å². The average molecular weight is 601 g/mol. The maximum absolute atomic E-state index is 14.3. The second-order valence-electron chi connectivity index (χ2n) is 11.8. The van der Waals surface area contributed by atoms with Crippen LogP contribution < -0.4 is 4.90 Å². The minimum Gasteiger partial charge on any atom is -0.353 e. The highest BCUT2D eigenvalue weighted by Gasteiger charge is 2.55. The van der Waals surface area contributed by atoms with Gasteiger partial charge in [0, 0.05) is 42.0 Å². The van der Waals surface area contributed by atoms with Gasteiger partial charge in [0.05, 0.1) is 18.2 Å². The number of alkyl halides is 6. The first-order chi connectivity index (χ1) is 19.3. The van der Waals surface area contributed by atoms with Gasteiger partial charge in [0.15, 0.2) is 17.5 Å². The molecule has 6 nitrogen and oxygen atoms in total. The van der Waals surface area contributed by atoms with Gasteiger partial charge in [0.25, 0.3) is 0 Å². The van der Waals surface area contributed by atoms with Gasteiger partial charge in [-0.3, -0.25) is 9.47 Å². The van der Waals surface area contributed by atoms with Crippen molar-refractivity contribution in [1.29, 1.82) is 0 Å². The minimum absolute atomic E-state index is 0.0195. The van der Waals surface area contributed by atoms with Crippen LogP contribution in [0.2, 0.25) is 5.02 Å². The lowest BCUT2D eigenvalue weighted by Crippen LogP contribution is -2.62. The highest BCUT2D eigenvalue weighted by molar-refractivity contribution is 6.30. The van der Waals surface area contributed by atoms with E-state index in [0.29, 0.717) is 55.9 Å². The first-order valence-electron chi connectivity index (χ1n) is 13.3. The summed E-state index contributed by atoms with van der Waals surface area (Å²) in [6.45, 7) is 1.56. The Morgan fingerprint density at radius 2 is 1.66 bits per heavy atom. The molecule has 7 rings (SSSR count). The monoisotopic (exact) mass is 600 g/mol. The van der Waals surface area contributed by atoms with Crippen molar-refractivity contribution in [3.8, 4) is 5.69 Å². The van der Waals surface area contributed by atoms with E-state index in [1.807, 2.05) is 21.6 Å². The van der Waals surface area contributed by atoms with Crippen LogP contribution in [0.4, 0.5) is 36.6 Å². The summed E-state index contributed by atoms with van der Waals surface area (Å²) in [5.74, 6) is -0.983. The van der Waals surface area contributed by atoms with Crippen molar-refractivity contribution in [1.82, 2.24) is 24.6 Å². The van der Waals surface area contributed by atoms with Crippen molar-refractivity contribution in [2.75, 3.05) is 18.0 Å². The van der Waals surface area contributed by atoms with Gasteiger partial charge >= 0.3 is 12.4 Å². The van der Waals surface area contributed by atoms with Crippen LogP contribution in [0.5, 0.6) is 0 Å². The standard InChI is InChI=1S/C27H24ClF7N6/c28-17-1-3-20-14(5-17)10-39(18-6-16(7-18)26(30,31)32)11-22-37-38-23(41(20)22)15-8-25(9-15)12-40(13-25)24-19(29)2-4-21(36-24)27(33,34)35/h1-5,15-16,18H,6-13H2. The van der Waals surface area contributed by atoms with Crippen molar-refractivity contribution in [3.05, 3.63) is 64.1 Å². The maximum Gasteiger partial charge on any atom is 0.433 e. The molecule has 4 heterocycles. The third kappa shape index (κ3) is 4.55. The Hall–Kier alpha value is -2.93. The van der Waals surface area contributed by atoms with Crippen molar-refractivity contribution in [2.45, 2.75) is 63.1 Å². The molecule has 2 saturated carbocycles. The number of hydrogen-bond acceptors (Lipinski definition) is 5. The van der Waals surface area contributed by atoms with E-state index in [1.165, 1.54) is 4.90 Å². The number of aromatic nitrogens is 4. The largest absolute Gasteiger partial charge is 0.433 e. The molecular formula is C27H24ClF7N6. The fourth-order valence-corrected chi connectivity index (χ4v) is 7.07. The Balaban J connectivity index is 1.09. The molecule has 0 bridgehead atoms. The second kappa shape index (κ2) is 9.03. The smallest absolute Gasteiger partial charge is 0.353 e. The number of halogens is 8. The highest BCUT2D eigenvalue weighted by Crippen LogP contribution is 2.57. The molecule has 3 aromatic rings. The van der Waals surface area contributed by atoms with E-state index in [9.17, 15) is 30.7 Å². The molecule has 1 saturated heterocycles. The van der Waals surface area contributed by atoms with E-state index in [4.69, 9.17) is 11.6 Å². The summed E-state index contributed by atoms with van der Waals surface area (Å²) in [4.78, 5) is 7.08. The Morgan fingerprint density at radius 1 is 0.927 bits per heavy atom. The summed E-state index contributed by atoms with van der Waals surface area (Å²) in [5.41, 5.74) is 0.404. The molecule has 2 aromatic heterocycles. The number of nitrogens with zero attached hydrogens (tertiary/aromatic N) is 6. The molecular weight excluding hydrogens is 577 g/mol. The van der Waals surface area contributed by atoms with Crippen molar-refractivity contribution < 1.29 is 30.7 Å². The third-order valence-corrected chi connectivity index (χ3v) is 9.28. The first-order valence-corrected chi connectivity index (χ1v) is 13.7. The molecule has 0 N–H and O–H groups in total. The van der Waals surface area contributed by atoms with Gasteiger partial charge in [-0.15, -0.1) is 10.2 Å². The molecule has 2 aliphatic heterocycles. The van der Waals surface area contributed by atoms with Crippen LogP contribution in [-0.4, -0.2) is 50.0 Å². The summed E-state index contributed by atoms with van der Waals surface area (Å²) in [5, 5.41) is 9.45. The molecule has 1 spiro atoms. The van der Waals surface area contributed by atoms with Crippen LogP contribution in [0.1, 0.15) is 54.5 Å². The van der Waals surface area contributed by atoms with E-state index in [1.54, 1.807) is 6.07 Å². The van der Waals surface area contributed by atoms with Gasteiger partial charge in [0.1, 0.15) is 11.5 Å². The predicted octanol–water partition coefficient (Wildman–Crippen LogP) is 6.51. The Kier molecular flexibility index (Phi) is 5.93. The van der Waals surface area contributed by atoms with Crippen LogP contribution in [-0.2, 0) is 19.3 Å². The van der Waals surface area contributed by atoms with E-state index in [0.717, 1.165) is 23.1 Å². The summed E-state index contributed by atoms with van der Waals surface area (Å²) in [6.07, 6.45) is -7.37. The minimum atomic E-state index is -4.66. The predicted molar refractivity (Wildman–Crippen MR) is 134 cm³/mol. The molecule has 2 aliphatic carbocycles. The SMILES string of the molecule is Fc1ccc(C(F)(F)F)nc1N1CC2(CC(c3nnc4n3-c3ccc(Cl)cc3CN(C3CC(C(F)(F)F)C3)C4)C2)C1. The number of pyridine rings is 1. The van der Waals surface area contributed by atoms with E-state index >= 15 is 0 Å². The molecule has 1 aromatic carbocycles. The third-order valence-electron chi connectivity index (χ3n) is 9.04. The molecule has 218 valence electrons. The van der Waals surface area contributed by atoms with Gasteiger partial charge in [-0.25, -0.2) is 9.37 Å². The quantitative estimate of drug-likeness (QED) is 0.321. The molecule has 0 unspecified atom stereocenters. The van der Waals surface area contributed by atoms with E-state index in [-0.39, 0.29) is 36.0 Å². The molecule has 41 heavy (non-hydrogen) atoms. The lowest BCUT2D eigenvalue weighted by molar-refractivity contribution is -0.207. The Bertz CT molecular complexity index is 1500. The molecule has 3 fully saturated rings. The molecule has 0 radical (unpaired) electrons. The molecule has 0 atom stereocenters. The van der Waals surface area contributed by atoms with E-state index in [2.05, 4.69) is 15.2 Å². The van der Waals surface area contributed by atoms with Crippen LogP contribution in [0.15, 0.2) is 30.3 Å². The molecule has 0 amide bonds.